The van der Waals surface area contributed by atoms with E-state index in [0.29, 0.717) is 5.92 Å². The summed E-state index contributed by atoms with van der Waals surface area (Å²) in [5.74, 6) is 1.28. The molecule has 4 heteroatoms. The highest BCUT2D eigenvalue weighted by molar-refractivity contribution is 5.16. The van der Waals surface area contributed by atoms with Crippen LogP contribution in [0.3, 0.4) is 0 Å². The van der Waals surface area contributed by atoms with E-state index < -0.39 is 0 Å². The number of hydrogen-bond acceptors (Lipinski definition) is 3. The minimum atomic E-state index is -0.241. The van der Waals surface area contributed by atoms with Gasteiger partial charge >= 0.3 is 0 Å². The van der Waals surface area contributed by atoms with Crippen molar-refractivity contribution in [2.24, 2.45) is 5.92 Å². The van der Waals surface area contributed by atoms with E-state index in [9.17, 15) is 5.11 Å². The fourth-order valence-electron chi connectivity index (χ4n) is 2.78. The van der Waals surface area contributed by atoms with Crippen LogP contribution in [0.2, 0.25) is 0 Å². The quantitative estimate of drug-likeness (QED) is 0.871. The third-order valence-electron chi connectivity index (χ3n) is 3.75. The van der Waals surface area contributed by atoms with Gasteiger partial charge in [0.2, 0.25) is 0 Å². The Morgan fingerprint density at radius 1 is 1.26 bits per heavy atom. The Hall–Kier alpha value is -1.65. The Morgan fingerprint density at radius 2 is 2.11 bits per heavy atom. The Labute approximate surface area is 113 Å². The third-order valence-corrected chi connectivity index (χ3v) is 3.75. The third kappa shape index (κ3) is 3.03. The summed E-state index contributed by atoms with van der Waals surface area (Å²) in [6.45, 7) is 2.45. The van der Waals surface area contributed by atoms with Crippen molar-refractivity contribution in [3.63, 3.8) is 0 Å². The highest BCUT2D eigenvalue weighted by atomic mass is 16.3. The molecule has 2 aromatic rings. The molecule has 2 N–H and O–H groups in total. The summed E-state index contributed by atoms with van der Waals surface area (Å²) in [4.78, 5) is 9.60. The minimum absolute atomic E-state index is 0.241. The van der Waals surface area contributed by atoms with Gasteiger partial charge in [0, 0.05) is 31.4 Å². The summed E-state index contributed by atoms with van der Waals surface area (Å²) in [7, 11) is 0. The van der Waals surface area contributed by atoms with E-state index in [1.54, 1.807) is 6.20 Å². The molecular formula is C15H19N3O. The average molecular weight is 257 g/mol. The Balaban J connectivity index is 1.59. The van der Waals surface area contributed by atoms with Crippen molar-refractivity contribution in [2.45, 2.75) is 19.1 Å². The van der Waals surface area contributed by atoms with Gasteiger partial charge in [-0.05, 0) is 12.0 Å². The maximum atomic E-state index is 10.2. The number of benzene rings is 1. The second-order valence-electron chi connectivity index (χ2n) is 5.25. The molecule has 1 fully saturated rings. The first-order valence-corrected chi connectivity index (χ1v) is 6.74. The fraction of sp³-hybridized carbons (Fsp3) is 0.400. The maximum Gasteiger partial charge on any atom is 0.120 e. The Bertz CT molecular complexity index is 497. The molecule has 100 valence electrons. The van der Waals surface area contributed by atoms with Gasteiger partial charge in [-0.15, -0.1) is 0 Å². The second kappa shape index (κ2) is 5.55. The van der Waals surface area contributed by atoms with Crippen LogP contribution >= 0.6 is 0 Å². The van der Waals surface area contributed by atoms with E-state index in [2.05, 4.69) is 39.1 Å². The zero-order valence-electron chi connectivity index (χ0n) is 10.9. The zero-order valence-corrected chi connectivity index (χ0v) is 10.9. The highest BCUT2D eigenvalue weighted by Gasteiger charge is 2.31. The van der Waals surface area contributed by atoms with Crippen LogP contribution < -0.4 is 0 Å². The fourth-order valence-corrected chi connectivity index (χ4v) is 2.78. The number of aliphatic hydroxyl groups excluding tert-OH is 1. The van der Waals surface area contributed by atoms with Gasteiger partial charge in [-0.1, -0.05) is 30.3 Å². The number of nitrogens with zero attached hydrogens (tertiary/aromatic N) is 2. The smallest absolute Gasteiger partial charge is 0.120 e. The van der Waals surface area contributed by atoms with E-state index in [0.717, 1.165) is 31.9 Å². The number of aromatic amines is 1. The van der Waals surface area contributed by atoms with Crippen LogP contribution in [0.4, 0.5) is 0 Å². The first kappa shape index (κ1) is 12.4. The van der Waals surface area contributed by atoms with Gasteiger partial charge in [-0.2, -0.15) is 0 Å². The topological polar surface area (TPSA) is 52.1 Å². The molecule has 1 aliphatic rings. The molecule has 19 heavy (non-hydrogen) atoms. The number of rotatable bonds is 4. The standard InChI is InChI=1S/C15H19N3O/c19-14-10-18(11-15-16-6-7-17-15)9-13(14)8-12-4-2-1-3-5-12/h1-7,13-14,19H,8-11H2,(H,16,17)/t13-,14-/m1/s1. The van der Waals surface area contributed by atoms with Gasteiger partial charge in [-0.3, -0.25) is 4.90 Å². The number of hydrogen-bond donors (Lipinski definition) is 2. The van der Waals surface area contributed by atoms with Gasteiger partial charge in [0.25, 0.3) is 0 Å². The zero-order chi connectivity index (χ0) is 13.1. The maximum absolute atomic E-state index is 10.2. The lowest BCUT2D eigenvalue weighted by Crippen LogP contribution is -2.22. The number of likely N-dealkylation sites (tertiary alicyclic amines) is 1. The molecule has 1 aliphatic heterocycles. The number of aromatic nitrogens is 2. The average Bonchev–Trinajstić information content (AvgIpc) is 3.02. The van der Waals surface area contributed by atoms with Crippen LogP contribution in [0.5, 0.6) is 0 Å². The van der Waals surface area contributed by atoms with Gasteiger partial charge in [-0.25, -0.2) is 4.98 Å². The van der Waals surface area contributed by atoms with E-state index in [4.69, 9.17) is 0 Å². The largest absolute Gasteiger partial charge is 0.391 e. The predicted molar refractivity (Wildman–Crippen MR) is 73.5 cm³/mol. The predicted octanol–water partition coefficient (Wildman–Crippen LogP) is 1.45. The number of imidazole rings is 1. The van der Waals surface area contributed by atoms with Crippen LogP contribution in [-0.4, -0.2) is 39.2 Å². The molecular weight excluding hydrogens is 238 g/mol. The molecule has 0 aliphatic carbocycles. The molecule has 0 radical (unpaired) electrons. The summed E-state index contributed by atoms with van der Waals surface area (Å²) in [5.41, 5.74) is 1.30. The normalized spacial score (nSPS) is 23.8. The first-order valence-electron chi connectivity index (χ1n) is 6.74. The highest BCUT2D eigenvalue weighted by Crippen LogP contribution is 2.22. The molecule has 1 aromatic heterocycles. The summed E-state index contributed by atoms with van der Waals surface area (Å²) in [6, 6.07) is 10.4. The molecule has 4 nitrogen and oxygen atoms in total. The lowest BCUT2D eigenvalue weighted by atomic mass is 9.97. The second-order valence-corrected chi connectivity index (χ2v) is 5.25. The summed E-state index contributed by atoms with van der Waals surface area (Å²) in [5, 5.41) is 10.2. The molecule has 2 heterocycles. The number of H-pyrrole nitrogens is 1. The number of aliphatic hydroxyl groups is 1. The van der Waals surface area contributed by atoms with Crippen LogP contribution in [-0.2, 0) is 13.0 Å². The Morgan fingerprint density at radius 3 is 2.84 bits per heavy atom. The van der Waals surface area contributed by atoms with Crippen LogP contribution in [0, 0.1) is 5.92 Å². The lowest BCUT2D eigenvalue weighted by molar-refractivity contribution is 0.141. The van der Waals surface area contributed by atoms with Crippen molar-refractivity contribution in [2.75, 3.05) is 13.1 Å². The van der Waals surface area contributed by atoms with Crippen LogP contribution in [0.25, 0.3) is 0 Å². The van der Waals surface area contributed by atoms with Crippen molar-refractivity contribution in [1.29, 1.82) is 0 Å². The van der Waals surface area contributed by atoms with E-state index in [-0.39, 0.29) is 6.10 Å². The lowest BCUT2D eigenvalue weighted by Gasteiger charge is -2.14. The molecule has 0 unspecified atom stereocenters. The molecule has 0 spiro atoms. The molecule has 1 aromatic carbocycles. The van der Waals surface area contributed by atoms with Crippen molar-refractivity contribution >= 4 is 0 Å². The van der Waals surface area contributed by atoms with Crippen molar-refractivity contribution in [3.05, 3.63) is 54.1 Å². The van der Waals surface area contributed by atoms with Crippen LogP contribution in [0.15, 0.2) is 42.7 Å². The molecule has 1 saturated heterocycles. The van der Waals surface area contributed by atoms with Gasteiger partial charge < -0.3 is 10.1 Å². The summed E-state index contributed by atoms with van der Waals surface area (Å²) < 4.78 is 0. The minimum Gasteiger partial charge on any atom is -0.391 e. The number of nitrogens with one attached hydrogen (secondary N) is 1. The summed E-state index contributed by atoms with van der Waals surface area (Å²) >= 11 is 0. The Kier molecular flexibility index (Phi) is 3.62. The molecule has 0 amide bonds. The van der Waals surface area contributed by atoms with E-state index in [1.807, 2.05) is 12.3 Å². The molecule has 0 saturated carbocycles. The van der Waals surface area contributed by atoms with Gasteiger partial charge in [0.15, 0.2) is 0 Å². The SMILES string of the molecule is O[C@@H]1CN(Cc2ncc[nH]2)C[C@H]1Cc1ccccc1. The van der Waals surface area contributed by atoms with Crippen molar-refractivity contribution in [3.8, 4) is 0 Å². The van der Waals surface area contributed by atoms with Crippen molar-refractivity contribution in [1.82, 2.24) is 14.9 Å². The molecule has 2 atom stereocenters. The van der Waals surface area contributed by atoms with Gasteiger partial charge in [0.05, 0.1) is 12.6 Å². The molecule has 0 bridgehead atoms. The summed E-state index contributed by atoms with van der Waals surface area (Å²) in [6.07, 6.45) is 4.30. The van der Waals surface area contributed by atoms with Crippen molar-refractivity contribution < 1.29 is 5.11 Å². The van der Waals surface area contributed by atoms with Crippen LogP contribution in [0.1, 0.15) is 11.4 Å². The molecule has 3 rings (SSSR count). The first-order chi connectivity index (χ1) is 9.31. The number of β-amino-alcohol motifs (C(OH)–C–C–N with tert-alkyl or cyclic N) is 1. The van der Waals surface area contributed by atoms with Gasteiger partial charge in [0.1, 0.15) is 5.82 Å². The van der Waals surface area contributed by atoms with E-state index in [1.165, 1.54) is 5.56 Å². The van der Waals surface area contributed by atoms with E-state index >= 15 is 0 Å². The monoisotopic (exact) mass is 257 g/mol.